The molecule has 1 saturated heterocycles. The second kappa shape index (κ2) is 44.1. The first kappa shape index (κ1) is 61.9. The van der Waals surface area contributed by atoms with Crippen molar-refractivity contribution in [1.29, 1.82) is 0 Å². The Morgan fingerprint density at radius 2 is 1.09 bits per heavy atom. The van der Waals surface area contributed by atoms with Gasteiger partial charge in [0.2, 0.25) is 5.91 Å². The number of allylic oxidation sites excluding steroid dienone is 13. The van der Waals surface area contributed by atoms with E-state index in [4.69, 9.17) is 14.2 Å². The SMILES string of the molecule is CC/C=C/C=C/C=C\C=C/C=C/CCCCCC(=O)OC1C(OCC(NC(=O)C(O)CCCC/C=C\CCCCCCCC)C(O)/C=C/CCCCCCCCCCC)OC(CO)C(O)C1O. The molecule has 8 unspecified atom stereocenters. The third-order valence-electron chi connectivity index (χ3n) is 11.9. The second-order valence-corrected chi connectivity index (χ2v) is 18.0. The number of rotatable bonds is 42. The molecule has 0 aromatic rings. The van der Waals surface area contributed by atoms with Gasteiger partial charge in [-0.25, -0.2) is 0 Å². The molecule has 1 amide bonds. The molecule has 0 spiro atoms. The highest BCUT2D eigenvalue weighted by Gasteiger charge is 2.47. The molecule has 0 aromatic carbocycles. The fourth-order valence-corrected chi connectivity index (χ4v) is 7.66. The summed E-state index contributed by atoms with van der Waals surface area (Å²) in [6.45, 7) is 5.55. The molecular formula is C56H95NO10. The number of ether oxygens (including phenoxy) is 3. The summed E-state index contributed by atoms with van der Waals surface area (Å²) < 4.78 is 17.5. The number of nitrogens with one attached hydrogen (secondary N) is 1. The Bertz CT molecular complexity index is 1410. The smallest absolute Gasteiger partial charge is 0.306 e. The molecule has 1 fully saturated rings. The Labute approximate surface area is 406 Å². The number of carbonyl (C=O) groups excluding carboxylic acids is 2. The lowest BCUT2D eigenvalue weighted by Crippen LogP contribution is -2.61. The Kier molecular flexibility index (Phi) is 40.7. The topological polar surface area (TPSA) is 175 Å². The molecule has 0 bridgehead atoms. The van der Waals surface area contributed by atoms with Gasteiger partial charge in [0.1, 0.15) is 24.4 Å². The zero-order valence-electron chi connectivity index (χ0n) is 42.0. The van der Waals surface area contributed by atoms with Gasteiger partial charge < -0.3 is 45.1 Å². The van der Waals surface area contributed by atoms with E-state index in [1.165, 1.54) is 77.0 Å². The van der Waals surface area contributed by atoms with Crippen molar-refractivity contribution in [2.75, 3.05) is 13.2 Å². The zero-order valence-corrected chi connectivity index (χ0v) is 42.0. The first-order valence-corrected chi connectivity index (χ1v) is 26.4. The average Bonchev–Trinajstić information content (AvgIpc) is 3.32. The van der Waals surface area contributed by atoms with Gasteiger partial charge in [0.25, 0.3) is 0 Å². The Morgan fingerprint density at radius 1 is 0.597 bits per heavy atom. The van der Waals surface area contributed by atoms with Gasteiger partial charge in [-0.3, -0.25) is 9.59 Å². The van der Waals surface area contributed by atoms with Crippen LogP contribution in [0.5, 0.6) is 0 Å². The summed E-state index contributed by atoms with van der Waals surface area (Å²) in [7, 11) is 0. The Morgan fingerprint density at radius 3 is 1.66 bits per heavy atom. The molecule has 67 heavy (non-hydrogen) atoms. The van der Waals surface area contributed by atoms with E-state index in [2.05, 4.69) is 50.4 Å². The van der Waals surface area contributed by atoms with Gasteiger partial charge in [0.05, 0.1) is 25.4 Å². The number of aliphatic hydroxyl groups excluding tert-OH is 5. The number of hydrogen-bond acceptors (Lipinski definition) is 10. The van der Waals surface area contributed by atoms with E-state index in [1.54, 1.807) is 6.08 Å². The third-order valence-corrected chi connectivity index (χ3v) is 11.9. The average molecular weight is 942 g/mol. The number of hydrogen-bond donors (Lipinski definition) is 6. The van der Waals surface area contributed by atoms with Gasteiger partial charge in [-0.2, -0.15) is 0 Å². The van der Waals surface area contributed by atoms with Crippen LogP contribution in [0.4, 0.5) is 0 Å². The zero-order chi connectivity index (χ0) is 49.0. The van der Waals surface area contributed by atoms with Crippen LogP contribution >= 0.6 is 0 Å². The summed E-state index contributed by atoms with van der Waals surface area (Å²) in [6.07, 6.45) is 44.9. The maximum Gasteiger partial charge on any atom is 0.306 e. The first-order chi connectivity index (χ1) is 32.7. The molecule has 1 rings (SSSR count). The summed E-state index contributed by atoms with van der Waals surface area (Å²) in [4.78, 5) is 26.3. The molecule has 6 N–H and O–H groups in total. The van der Waals surface area contributed by atoms with Crippen molar-refractivity contribution in [3.63, 3.8) is 0 Å². The van der Waals surface area contributed by atoms with E-state index in [1.807, 2.05) is 54.7 Å². The molecule has 1 heterocycles. The van der Waals surface area contributed by atoms with Crippen LogP contribution in [0.1, 0.15) is 194 Å². The van der Waals surface area contributed by atoms with Crippen molar-refractivity contribution in [3.05, 3.63) is 85.1 Å². The fraction of sp³-hybridized carbons (Fsp3) is 0.714. The Hall–Kier alpha value is -3.16. The molecule has 0 radical (unpaired) electrons. The molecule has 11 heteroatoms. The van der Waals surface area contributed by atoms with E-state index < -0.39 is 67.4 Å². The molecular weight excluding hydrogens is 847 g/mol. The van der Waals surface area contributed by atoms with Crippen molar-refractivity contribution in [2.45, 2.75) is 243 Å². The van der Waals surface area contributed by atoms with Crippen LogP contribution < -0.4 is 5.32 Å². The first-order valence-electron chi connectivity index (χ1n) is 26.4. The minimum Gasteiger partial charge on any atom is -0.454 e. The van der Waals surface area contributed by atoms with Crippen LogP contribution in [-0.4, -0.2) is 99.6 Å². The van der Waals surface area contributed by atoms with Crippen molar-refractivity contribution < 1.29 is 49.3 Å². The van der Waals surface area contributed by atoms with Crippen molar-refractivity contribution in [2.24, 2.45) is 0 Å². The fourth-order valence-electron chi connectivity index (χ4n) is 7.66. The van der Waals surface area contributed by atoms with Crippen LogP contribution in [-0.2, 0) is 23.8 Å². The molecule has 0 aromatic heterocycles. The number of esters is 1. The molecule has 8 atom stereocenters. The second-order valence-electron chi connectivity index (χ2n) is 18.0. The molecule has 1 aliphatic rings. The monoisotopic (exact) mass is 942 g/mol. The van der Waals surface area contributed by atoms with Gasteiger partial charge in [0.15, 0.2) is 12.4 Å². The van der Waals surface area contributed by atoms with Crippen LogP contribution in [0.15, 0.2) is 85.1 Å². The van der Waals surface area contributed by atoms with Crippen molar-refractivity contribution in [1.82, 2.24) is 5.32 Å². The normalized spacial score (nSPS) is 20.7. The predicted molar refractivity (Wildman–Crippen MR) is 273 cm³/mol. The third kappa shape index (κ3) is 33.1. The summed E-state index contributed by atoms with van der Waals surface area (Å²) in [6, 6.07) is -1.04. The lowest BCUT2D eigenvalue weighted by atomic mass is 9.99. The summed E-state index contributed by atoms with van der Waals surface area (Å²) in [5.41, 5.74) is 0. The number of carbonyl (C=O) groups is 2. The minimum atomic E-state index is -1.64. The lowest BCUT2D eigenvalue weighted by Gasteiger charge is -2.41. The largest absolute Gasteiger partial charge is 0.454 e. The quantitative estimate of drug-likeness (QED) is 0.0150. The van der Waals surface area contributed by atoms with E-state index in [9.17, 15) is 35.1 Å². The Balaban J connectivity index is 2.82. The molecule has 0 aliphatic carbocycles. The van der Waals surface area contributed by atoms with Crippen LogP contribution in [0.3, 0.4) is 0 Å². The lowest BCUT2D eigenvalue weighted by molar-refractivity contribution is -0.305. The molecule has 11 nitrogen and oxygen atoms in total. The number of unbranched alkanes of at least 4 members (excludes halogenated alkanes) is 20. The summed E-state index contributed by atoms with van der Waals surface area (Å²) in [5.74, 6) is -1.26. The maximum atomic E-state index is 13.3. The van der Waals surface area contributed by atoms with Crippen molar-refractivity contribution >= 4 is 11.9 Å². The maximum absolute atomic E-state index is 13.3. The van der Waals surface area contributed by atoms with Crippen molar-refractivity contribution in [3.8, 4) is 0 Å². The van der Waals surface area contributed by atoms with Gasteiger partial charge in [-0.1, -0.05) is 202 Å². The molecule has 1 aliphatic heterocycles. The highest BCUT2D eigenvalue weighted by Crippen LogP contribution is 2.26. The highest BCUT2D eigenvalue weighted by molar-refractivity contribution is 5.80. The van der Waals surface area contributed by atoms with Gasteiger partial charge in [-0.05, 0) is 70.6 Å². The van der Waals surface area contributed by atoms with Gasteiger partial charge >= 0.3 is 5.97 Å². The standard InChI is InChI=1S/C56H95NO10/c1-4-7-10-13-16-19-22-24-25-26-29-32-35-38-41-44-51(61)67-54-53(63)52(62)50(45-58)66-56(54)65-46-47(48(59)42-39-36-33-30-27-21-18-15-12-9-6-3)57-55(64)49(60)43-40-37-34-31-28-23-20-17-14-11-8-5-2/h7,10,13,16,19,22,24-26,28-29,31,39,42,47-50,52-54,56,58-60,62-63H,4-6,8-9,11-12,14-15,17-18,20-21,23,27,30,32-38,40-41,43-46H2,1-3H3,(H,57,64)/b10-7+,16-13+,22-19-,25-24-,29-26+,31-28-,42-39+. The van der Waals surface area contributed by atoms with Gasteiger partial charge in [0, 0.05) is 6.42 Å². The van der Waals surface area contributed by atoms with E-state index in [0.717, 1.165) is 70.6 Å². The predicted octanol–water partition coefficient (Wildman–Crippen LogP) is 11.0. The van der Waals surface area contributed by atoms with E-state index in [0.29, 0.717) is 12.8 Å². The van der Waals surface area contributed by atoms with Crippen LogP contribution in [0.25, 0.3) is 0 Å². The molecule has 384 valence electrons. The van der Waals surface area contributed by atoms with E-state index >= 15 is 0 Å². The van der Waals surface area contributed by atoms with Crippen LogP contribution in [0, 0.1) is 0 Å². The summed E-state index contributed by atoms with van der Waals surface area (Å²) >= 11 is 0. The molecule has 0 saturated carbocycles. The number of amides is 1. The number of aliphatic hydroxyl groups is 5. The van der Waals surface area contributed by atoms with Crippen LogP contribution in [0.2, 0.25) is 0 Å². The minimum absolute atomic E-state index is 0.0688. The van der Waals surface area contributed by atoms with Gasteiger partial charge in [-0.15, -0.1) is 0 Å². The van der Waals surface area contributed by atoms with E-state index in [-0.39, 0.29) is 19.4 Å². The summed E-state index contributed by atoms with van der Waals surface area (Å²) in [5, 5.41) is 56.5. The highest BCUT2D eigenvalue weighted by atomic mass is 16.7.